The second-order valence-corrected chi connectivity index (χ2v) is 8.41. The number of guanidine groups is 1. The Morgan fingerprint density at radius 2 is 1.97 bits per heavy atom. The number of aliphatic imine (C=N–C) groups is 1. The van der Waals surface area contributed by atoms with E-state index in [0.29, 0.717) is 19.3 Å². The Kier molecular flexibility index (Phi) is 9.19. The summed E-state index contributed by atoms with van der Waals surface area (Å²) in [5.41, 5.74) is 12.2. The molecule has 0 saturated heterocycles. The molecule has 7 N–H and O–H groups in total. The van der Waals surface area contributed by atoms with Crippen molar-refractivity contribution in [3.63, 3.8) is 0 Å². The zero-order chi connectivity index (χ0) is 24.5. The van der Waals surface area contributed by atoms with Gasteiger partial charge < -0.3 is 32.0 Å². The minimum Gasteiger partial charge on any atom is -0.480 e. The number of nitrogens with two attached hydrogens (primary N) is 2. The Morgan fingerprint density at radius 1 is 1.30 bits per heavy atom. The predicted molar refractivity (Wildman–Crippen MR) is 122 cm³/mol. The molecule has 1 aliphatic heterocycles. The van der Waals surface area contributed by atoms with Crippen molar-refractivity contribution in [2.24, 2.45) is 22.4 Å². The number of aldehydes is 1. The Hall–Kier alpha value is -3.63. The Labute approximate surface area is 192 Å². The Bertz CT molecular complexity index is 875. The fraction of sp³-hybridized carbons (Fsp3) is 0.500. The van der Waals surface area contributed by atoms with Gasteiger partial charge in [0, 0.05) is 6.54 Å². The van der Waals surface area contributed by atoms with Gasteiger partial charge in [0.2, 0.25) is 5.91 Å². The van der Waals surface area contributed by atoms with E-state index in [2.05, 4.69) is 15.6 Å². The van der Waals surface area contributed by atoms with E-state index in [1.54, 1.807) is 13.8 Å². The molecule has 0 fully saturated rings. The largest absolute Gasteiger partial charge is 0.480 e. The fourth-order valence-corrected chi connectivity index (χ4v) is 3.89. The van der Waals surface area contributed by atoms with Gasteiger partial charge in [-0.3, -0.25) is 9.69 Å². The molecule has 3 amide bonds. The zero-order valence-corrected chi connectivity index (χ0v) is 18.8. The second kappa shape index (κ2) is 11.8. The van der Waals surface area contributed by atoms with Gasteiger partial charge in [-0.25, -0.2) is 14.6 Å². The number of carbonyl (C=O) groups excluding carboxylic acids is 3. The molecule has 0 aromatic heterocycles. The first kappa shape index (κ1) is 25.6. The van der Waals surface area contributed by atoms with Crippen molar-refractivity contribution in [1.82, 2.24) is 15.5 Å². The van der Waals surface area contributed by atoms with E-state index in [0.717, 1.165) is 10.5 Å². The van der Waals surface area contributed by atoms with Crippen LogP contribution in [0.5, 0.6) is 0 Å². The number of primary amides is 1. The van der Waals surface area contributed by atoms with E-state index in [9.17, 15) is 24.3 Å². The quantitative estimate of drug-likeness (QED) is 0.284. The van der Waals surface area contributed by atoms with Crippen molar-refractivity contribution in [2.45, 2.75) is 57.3 Å². The van der Waals surface area contributed by atoms with E-state index < -0.39 is 42.1 Å². The molecule has 0 saturated carbocycles. The number of amides is 3. The van der Waals surface area contributed by atoms with E-state index >= 15 is 0 Å². The van der Waals surface area contributed by atoms with Crippen molar-refractivity contribution >= 4 is 30.2 Å². The highest BCUT2D eigenvalue weighted by Crippen LogP contribution is 2.22. The van der Waals surface area contributed by atoms with Crippen LogP contribution in [0.15, 0.2) is 35.3 Å². The van der Waals surface area contributed by atoms with Crippen LogP contribution in [0.3, 0.4) is 0 Å². The first-order valence-electron chi connectivity index (χ1n) is 10.8. The number of carbonyl (C=O) groups is 4. The average Bonchev–Trinajstić information content (AvgIpc) is 2.75. The summed E-state index contributed by atoms with van der Waals surface area (Å²) in [5.74, 6) is -2.04. The summed E-state index contributed by atoms with van der Waals surface area (Å²) in [5, 5.41) is 15.3. The van der Waals surface area contributed by atoms with Gasteiger partial charge in [0.05, 0.1) is 12.1 Å². The summed E-state index contributed by atoms with van der Waals surface area (Å²) in [4.78, 5) is 54.8. The van der Waals surface area contributed by atoms with Crippen LogP contribution in [0.1, 0.15) is 32.3 Å². The van der Waals surface area contributed by atoms with E-state index in [1.807, 2.05) is 30.3 Å². The third kappa shape index (κ3) is 7.19. The van der Waals surface area contributed by atoms with E-state index in [1.165, 1.54) is 0 Å². The number of urea groups is 1. The smallest absolute Gasteiger partial charge is 0.326 e. The molecule has 1 heterocycles. The standard InChI is InChI=1S/C22H32N6O5/c1-13(2)10-17(20(31)32)28(22(24)33)18(16-8-9-25-21(23)27-16)19(30)26-15(12-29)11-14-6-4-3-5-7-14/h3-7,12-13,15-18H,8-11H2,1-2H3,(H2,24,33)(H,26,30)(H,31,32)(H3,23,25,27)/t15-,16-,17-,18-/m0/s1. The predicted octanol–water partition coefficient (Wildman–Crippen LogP) is -0.162. The van der Waals surface area contributed by atoms with Gasteiger partial charge in [-0.05, 0) is 30.7 Å². The maximum atomic E-state index is 13.4. The molecular formula is C22H32N6O5. The molecule has 0 bridgehead atoms. The molecule has 0 aliphatic carbocycles. The van der Waals surface area contributed by atoms with Crippen molar-refractivity contribution in [3.8, 4) is 0 Å². The molecule has 1 aromatic rings. The van der Waals surface area contributed by atoms with Crippen molar-refractivity contribution < 1.29 is 24.3 Å². The van der Waals surface area contributed by atoms with Gasteiger partial charge in [0.15, 0.2) is 5.96 Å². The van der Waals surface area contributed by atoms with Gasteiger partial charge in [0.25, 0.3) is 0 Å². The highest BCUT2D eigenvalue weighted by Gasteiger charge is 2.43. The van der Waals surface area contributed by atoms with Crippen LogP contribution >= 0.6 is 0 Å². The third-order valence-electron chi connectivity index (χ3n) is 5.34. The molecule has 180 valence electrons. The number of carboxylic acids is 1. The lowest BCUT2D eigenvalue weighted by Crippen LogP contribution is -2.64. The van der Waals surface area contributed by atoms with Crippen LogP contribution in [0.2, 0.25) is 0 Å². The SMILES string of the molecule is CC(C)C[C@@H](C(=O)O)N(C(N)=O)[C@H](C(=O)N[C@H](C=O)Cc1ccccc1)[C@@H]1CCNC(N)=N1. The van der Waals surface area contributed by atoms with Gasteiger partial charge in [0.1, 0.15) is 18.4 Å². The monoisotopic (exact) mass is 460 g/mol. The topological polar surface area (TPSA) is 180 Å². The molecule has 2 rings (SSSR count). The molecule has 4 atom stereocenters. The Morgan fingerprint density at radius 3 is 2.48 bits per heavy atom. The lowest BCUT2D eigenvalue weighted by molar-refractivity contribution is -0.145. The van der Waals surface area contributed by atoms with Crippen LogP contribution in [0, 0.1) is 5.92 Å². The maximum Gasteiger partial charge on any atom is 0.326 e. The lowest BCUT2D eigenvalue weighted by atomic mass is 9.95. The first-order chi connectivity index (χ1) is 15.6. The third-order valence-corrected chi connectivity index (χ3v) is 5.34. The summed E-state index contributed by atoms with van der Waals surface area (Å²) >= 11 is 0. The van der Waals surface area contributed by atoms with Crippen LogP contribution in [-0.4, -0.2) is 70.9 Å². The van der Waals surface area contributed by atoms with Gasteiger partial charge in [-0.2, -0.15) is 0 Å². The lowest BCUT2D eigenvalue weighted by Gasteiger charge is -2.39. The number of carboxylic acid groups (broad SMARTS) is 1. The summed E-state index contributed by atoms with van der Waals surface area (Å²) in [6, 6.07) is 3.58. The number of rotatable bonds is 11. The summed E-state index contributed by atoms with van der Waals surface area (Å²) in [7, 11) is 0. The fourth-order valence-electron chi connectivity index (χ4n) is 3.89. The van der Waals surface area contributed by atoms with Crippen LogP contribution < -0.4 is 22.1 Å². The van der Waals surface area contributed by atoms with Crippen LogP contribution in [0.4, 0.5) is 4.79 Å². The normalized spacial score (nSPS) is 18.3. The summed E-state index contributed by atoms with van der Waals surface area (Å²) in [6.45, 7) is 3.97. The Balaban J connectivity index is 2.41. The molecule has 0 unspecified atom stereocenters. The molecule has 1 aliphatic rings. The number of nitrogens with zero attached hydrogens (tertiary/aromatic N) is 2. The summed E-state index contributed by atoms with van der Waals surface area (Å²) in [6.07, 6.45) is 1.21. The molecule has 11 heteroatoms. The van der Waals surface area contributed by atoms with Crippen molar-refractivity contribution in [3.05, 3.63) is 35.9 Å². The van der Waals surface area contributed by atoms with Gasteiger partial charge in [-0.15, -0.1) is 0 Å². The highest BCUT2D eigenvalue weighted by molar-refractivity contribution is 5.92. The molecule has 0 radical (unpaired) electrons. The second-order valence-electron chi connectivity index (χ2n) is 8.41. The number of aliphatic carboxylic acids is 1. The van der Waals surface area contributed by atoms with Crippen molar-refractivity contribution in [1.29, 1.82) is 0 Å². The van der Waals surface area contributed by atoms with Crippen LogP contribution in [-0.2, 0) is 20.8 Å². The molecule has 1 aromatic carbocycles. The minimum atomic E-state index is -1.36. The molecule has 0 spiro atoms. The van der Waals surface area contributed by atoms with Gasteiger partial charge in [-0.1, -0.05) is 44.2 Å². The molecule has 11 nitrogen and oxygen atoms in total. The first-order valence-corrected chi connectivity index (χ1v) is 10.8. The number of hydrogen-bond acceptors (Lipinski definition) is 7. The van der Waals surface area contributed by atoms with Crippen LogP contribution in [0.25, 0.3) is 0 Å². The average molecular weight is 461 g/mol. The van der Waals surface area contributed by atoms with Gasteiger partial charge >= 0.3 is 12.0 Å². The number of benzene rings is 1. The minimum absolute atomic E-state index is 0.0698. The maximum absolute atomic E-state index is 13.4. The molecule has 33 heavy (non-hydrogen) atoms. The molecular weight excluding hydrogens is 428 g/mol. The summed E-state index contributed by atoms with van der Waals surface area (Å²) < 4.78 is 0. The number of hydrogen-bond donors (Lipinski definition) is 5. The van der Waals surface area contributed by atoms with E-state index in [-0.39, 0.29) is 24.7 Å². The van der Waals surface area contributed by atoms with Crippen molar-refractivity contribution in [2.75, 3.05) is 6.54 Å². The number of nitrogens with one attached hydrogen (secondary N) is 2. The zero-order valence-electron chi connectivity index (χ0n) is 18.8. The highest BCUT2D eigenvalue weighted by atomic mass is 16.4. The van der Waals surface area contributed by atoms with E-state index in [4.69, 9.17) is 11.5 Å².